The van der Waals surface area contributed by atoms with Gasteiger partial charge in [0.25, 0.3) is 5.91 Å². The summed E-state index contributed by atoms with van der Waals surface area (Å²) in [6.07, 6.45) is 5.75. The molecule has 188 valence electrons. The minimum atomic E-state index is -0.0572. The second-order valence-corrected chi connectivity index (χ2v) is 9.82. The zero-order valence-corrected chi connectivity index (χ0v) is 20.8. The lowest BCUT2D eigenvalue weighted by Crippen LogP contribution is -2.42. The molecule has 0 spiro atoms. The van der Waals surface area contributed by atoms with Gasteiger partial charge in [0.15, 0.2) is 6.61 Å². The van der Waals surface area contributed by atoms with Crippen LogP contribution >= 0.6 is 0 Å². The number of aryl methyl sites for hydroxylation is 1. The van der Waals surface area contributed by atoms with Crippen LogP contribution in [-0.4, -0.2) is 57.7 Å². The highest BCUT2D eigenvalue weighted by Gasteiger charge is 2.27. The van der Waals surface area contributed by atoms with E-state index in [1.54, 1.807) is 11.2 Å². The molecule has 8 nitrogen and oxygen atoms in total. The molecule has 1 fully saturated rings. The molecule has 0 radical (unpaired) electrons. The fourth-order valence-corrected chi connectivity index (χ4v) is 5.17. The minimum Gasteiger partial charge on any atom is -0.482 e. The van der Waals surface area contributed by atoms with Crippen LogP contribution in [0.25, 0.3) is 0 Å². The summed E-state index contributed by atoms with van der Waals surface area (Å²) >= 11 is 0. The predicted octanol–water partition coefficient (Wildman–Crippen LogP) is 3.62. The Kier molecular flexibility index (Phi) is 7.30. The third-order valence-corrected chi connectivity index (χ3v) is 7.06. The van der Waals surface area contributed by atoms with Crippen molar-refractivity contribution >= 4 is 17.5 Å². The Bertz CT molecular complexity index is 1210. The van der Waals surface area contributed by atoms with Crippen LogP contribution in [0.5, 0.6) is 5.75 Å². The molecule has 2 aromatic carbocycles. The van der Waals surface area contributed by atoms with Gasteiger partial charge in [-0.1, -0.05) is 36.4 Å². The Morgan fingerprint density at radius 1 is 1.17 bits per heavy atom. The first kappa shape index (κ1) is 24.0. The smallest absolute Gasteiger partial charge is 0.265 e. The first-order valence-electron chi connectivity index (χ1n) is 12.8. The maximum atomic E-state index is 13.0. The van der Waals surface area contributed by atoms with Gasteiger partial charge in [-0.15, -0.1) is 10.2 Å². The van der Waals surface area contributed by atoms with Crippen molar-refractivity contribution < 1.29 is 14.3 Å². The molecule has 0 N–H and O–H groups in total. The molecule has 2 aliphatic heterocycles. The molecule has 0 aliphatic carbocycles. The van der Waals surface area contributed by atoms with Crippen LogP contribution in [0.3, 0.4) is 0 Å². The molecule has 1 unspecified atom stereocenters. The molecule has 0 bridgehead atoms. The van der Waals surface area contributed by atoms with Gasteiger partial charge in [-0.25, -0.2) is 0 Å². The number of ether oxygens (including phenoxy) is 1. The van der Waals surface area contributed by atoms with Crippen molar-refractivity contribution in [1.82, 2.24) is 19.7 Å². The van der Waals surface area contributed by atoms with Crippen molar-refractivity contribution in [3.8, 4) is 5.75 Å². The molecule has 2 aliphatic rings. The van der Waals surface area contributed by atoms with Gasteiger partial charge >= 0.3 is 0 Å². The van der Waals surface area contributed by atoms with Gasteiger partial charge in [0, 0.05) is 32.5 Å². The largest absolute Gasteiger partial charge is 0.482 e. The average Bonchev–Trinajstić information content (AvgIpc) is 3.32. The number of anilines is 1. The maximum absolute atomic E-state index is 13.0. The highest BCUT2D eigenvalue weighted by molar-refractivity contribution is 5.98. The van der Waals surface area contributed by atoms with Crippen molar-refractivity contribution in [3.05, 3.63) is 71.8 Å². The summed E-state index contributed by atoms with van der Waals surface area (Å²) in [4.78, 5) is 29.3. The third kappa shape index (κ3) is 5.58. The quantitative estimate of drug-likeness (QED) is 0.485. The van der Waals surface area contributed by atoms with E-state index < -0.39 is 0 Å². The van der Waals surface area contributed by atoms with Crippen LogP contribution in [0.4, 0.5) is 5.69 Å². The van der Waals surface area contributed by atoms with E-state index in [0.717, 1.165) is 61.7 Å². The van der Waals surface area contributed by atoms with Gasteiger partial charge in [-0.3, -0.25) is 9.59 Å². The number of aromatic nitrogens is 3. The molecule has 1 atom stereocenters. The van der Waals surface area contributed by atoms with Gasteiger partial charge < -0.3 is 19.1 Å². The Balaban J connectivity index is 1.14. The molecular formula is C28H33N5O3. The Hall–Kier alpha value is -3.68. The van der Waals surface area contributed by atoms with Gasteiger partial charge in [-0.05, 0) is 55.4 Å². The second-order valence-electron chi connectivity index (χ2n) is 9.82. The van der Waals surface area contributed by atoms with Gasteiger partial charge in [0.05, 0.1) is 12.2 Å². The molecule has 1 aromatic heterocycles. The van der Waals surface area contributed by atoms with E-state index in [4.69, 9.17) is 4.74 Å². The lowest BCUT2D eigenvalue weighted by molar-refractivity contribution is -0.133. The summed E-state index contributed by atoms with van der Waals surface area (Å²) in [7, 11) is 0. The number of fused-ring (bicyclic) bond motifs is 1. The second kappa shape index (κ2) is 10.9. The van der Waals surface area contributed by atoms with E-state index in [2.05, 4.69) is 26.9 Å². The Labute approximate surface area is 211 Å². The molecule has 5 rings (SSSR count). The number of hydrogen-bond acceptors (Lipinski definition) is 5. The van der Waals surface area contributed by atoms with Crippen molar-refractivity contribution in [1.29, 1.82) is 0 Å². The number of amides is 2. The molecule has 8 heteroatoms. The standard InChI is InChI=1S/C28H33N5O3/c1-21-11-12-25-24(15-21)33(28(35)19-36-25)14-6-10-27(34)31-13-5-9-23(18-31)16-26-30-29-20-32(26)17-22-7-3-2-4-8-22/h2-4,7-8,11-12,15,20,23H,5-6,9-10,13-14,16-19H2,1H3. The highest BCUT2D eigenvalue weighted by Crippen LogP contribution is 2.33. The van der Waals surface area contributed by atoms with Crippen molar-refractivity contribution in [2.75, 3.05) is 31.1 Å². The molecule has 1 saturated heterocycles. The number of hydrogen-bond donors (Lipinski definition) is 0. The number of likely N-dealkylation sites (tertiary alicyclic amines) is 1. The molecule has 3 aromatic rings. The number of carbonyl (C=O) groups excluding carboxylic acids is 2. The maximum Gasteiger partial charge on any atom is 0.265 e. The fourth-order valence-electron chi connectivity index (χ4n) is 5.17. The minimum absolute atomic E-state index is 0.0483. The third-order valence-electron chi connectivity index (χ3n) is 7.06. The topological polar surface area (TPSA) is 80.6 Å². The lowest BCUT2D eigenvalue weighted by atomic mass is 9.94. The zero-order chi connectivity index (χ0) is 24.9. The Morgan fingerprint density at radius 2 is 2.03 bits per heavy atom. The average molecular weight is 488 g/mol. The molecule has 2 amide bonds. The number of carbonyl (C=O) groups is 2. The number of nitrogens with zero attached hydrogens (tertiary/aromatic N) is 5. The van der Waals surface area contributed by atoms with Crippen LogP contribution in [0.1, 0.15) is 42.6 Å². The predicted molar refractivity (Wildman–Crippen MR) is 137 cm³/mol. The Morgan fingerprint density at radius 3 is 2.89 bits per heavy atom. The SMILES string of the molecule is Cc1ccc2c(c1)N(CCCC(=O)N1CCCC(Cc3nncn3Cc3ccccc3)C1)C(=O)CO2. The first-order chi connectivity index (χ1) is 17.6. The van der Waals surface area contributed by atoms with Crippen molar-refractivity contribution in [2.45, 2.75) is 45.6 Å². The lowest BCUT2D eigenvalue weighted by Gasteiger charge is -2.33. The van der Waals surface area contributed by atoms with E-state index in [1.165, 1.54) is 5.56 Å². The first-order valence-corrected chi connectivity index (χ1v) is 12.8. The number of rotatable bonds is 8. The van der Waals surface area contributed by atoms with Crippen molar-refractivity contribution in [2.24, 2.45) is 5.92 Å². The monoisotopic (exact) mass is 487 g/mol. The summed E-state index contributed by atoms with van der Waals surface area (Å²) in [5, 5.41) is 8.51. The van der Waals surface area contributed by atoms with E-state index in [1.807, 2.05) is 48.2 Å². The normalized spacial score (nSPS) is 17.6. The highest BCUT2D eigenvalue weighted by atomic mass is 16.5. The molecule has 0 saturated carbocycles. The number of benzene rings is 2. The van der Waals surface area contributed by atoms with Gasteiger partial charge in [0.1, 0.15) is 17.9 Å². The van der Waals surface area contributed by atoms with E-state index >= 15 is 0 Å². The summed E-state index contributed by atoms with van der Waals surface area (Å²) < 4.78 is 7.67. The van der Waals surface area contributed by atoms with E-state index in [-0.39, 0.29) is 18.4 Å². The van der Waals surface area contributed by atoms with E-state index in [9.17, 15) is 9.59 Å². The van der Waals surface area contributed by atoms with Crippen molar-refractivity contribution in [3.63, 3.8) is 0 Å². The van der Waals surface area contributed by atoms with Crippen LogP contribution < -0.4 is 9.64 Å². The van der Waals surface area contributed by atoms with Gasteiger partial charge in [-0.2, -0.15) is 0 Å². The molecular weight excluding hydrogens is 454 g/mol. The summed E-state index contributed by atoms with van der Waals surface area (Å²) in [6, 6.07) is 16.2. The fraction of sp³-hybridized carbons (Fsp3) is 0.429. The van der Waals surface area contributed by atoms with E-state index in [0.29, 0.717) is 25.3 Å². The molecule has 36 heavy (non-hydrogen) atoms. The van der Waals surface area contributed by atoms with Crippen LogP contribution in [0.2, 0.25) is 0 Å². The van der Waals surface area contributed by atoms with Gasteiger partial charge in [0.2, 0.25) is 5.91 Å². The van der Waals surface area contributed by atoms with Crippen LogP contribution in [-0.2, 0) is 22.6 Å². The van der Waals surface area contributed by atoms with Crippen LogP contribution in [0.15, 0.2) is 54.9 Å². The summed E-state index contributed by atoms with van der Waals surface area (Å²) in [6.45, 7) is 4.86. The number of piperidine rings is 1. The summed E-state index contributed by atoms with van der Waals surface area (Å²) in [5.41, 5.74) is 3.10. The molecule has 3 heterocycles. The summed E-state index contributed by atoms with van der Waals surface area (Å²) in [5.74, 6) is 2.18. The zero-order valence-electron chi connectivity index (χ0n) is 20.8. The van der Waals surface area contributed by atoms with Crippen LogP contribution in [0, 0.1) is 12.8 Å².